The van der Waals surface area contributed by atoms with Gasteiger partial charge in [0.05, 0.1) is 83.9 Å². The summed E-state index contributed by atoms with van der Waals surface area (Å²) in [5.74, 6) is -0.700. The van der Waals surface area contributed by atoms with Crippen molar-refractivity contribution in [3.05, 3.63) is 0 Å². The predicted molar refractivity (Wildman–Crippen MR) is 457 cm³/mol. The molecule has 31 N–H and O–H groups in total. The van der Waals surface area contributed by atoms with Crippen molar-refractivity contribution in [2.45, 2.75) is 270 Å². The number of nitrogens with one attached hydrogen (secondary N) is 6. The van der Waals surface area contributed by atoms with Crippen LogP contribution >= 0.6 is 71.9 Å². The highest BCUT2D eigenvalue weighted by molar-refractivity contribution is 8.00. The molecule has 0 aromatic carbocycles. The lowest BCUT2D eigenvalue weighted by atomic mass is 9.90. The van der Waals surface area contributed by atoms with Gasteiger partial charge < -0.3 is 235 Å². The highest BCUT2D eigenvalue weighted by Gasteiger charge is 2.55. The first-order valence-electron chi connectivity index (χ1n) is 42.3. The standard InChI is InChI=1S/C74H135N7O41S6/c1-31-33(112-65(52(99)41(31)88)120-60-38(25-85)115-63(107-3)55(102)49(60)96)20-78-71(123)75-8-11-81(12-9-76-72(124)79-21-34-32(2)42(89)53(100)66(113-34)121-61-39(26-86)116-64(108-4)56(103)50(61)97)13-10-77-73(125)80-74(28-109-14-5-17-126-68-57(104)47(94)44(91)36(23-83)117-68,29-110-15-6-18-127-69-58(105)48(95)45(92)37(24-84)118-69)30-111-16-7-19-128-70-59(106)51(98)62(40(27-87)119-70)122-67-54(101)46(93)43(90)35(22-82)114-67/h31-70,82-106H,5-30H2,1-4H3,(H2,75,78,123)(H2,76,79,124)(H2,77,80,125)/t31-,32-,33?,34?,35?,36?,37?,38?,39?,40?,41+,42+,43+,44-,45-,46+,47+,48+,49-,50-,51-,52?,53?,54?,55?,56?,57?,58?,59?,60-,61-,62-,63+,64+,65-,66-,67+,68+,69+,70+,74?/m1/s1. The predicted octanol–water partition coefficient (Wildman–Crippen LogP) is -14.8. The van der Waals surface area contributed by atoms with Gasteiger partial charge in [-0.3, -0.25) is 4.90 Å². The Morgan fingerprint density at radius 3 is 0.938 bits per heavy atom. The Morgan fingerprint density at radius 2 is 0.594 bits per heavy atom. The van der Waals surface area contributed by atoms with Crippen LogP contribution in [0.1, 0.15) is 33.1 Å². The maximum Gasteiger partial charge on any atom is 0.187 e. The van der Waals surface area contributed by atoms with E-state index in [1.165, 1.54) is 14.2 Å². The Balaban J connectivity index is 0.957. The molecule has 8 rings (SSSR count). The second-order valence-corrected chi connectivity index (χ2v) is 37.2. The monoisotopic (exact) mass is 1970 g/mol. The number of methoxy groups -OCH3 is 2. The Kier molecular flexibility index (Phi) is 48.3. The zero-order valence-corrected chi connectivity index (χ0v) is 76.0. The number of ether oxygens (including phenoxy) is 16. The molecule has 8 saturated heterocycles. The SMILES string of the molecule is CO[C@H]1OC(CO)[C@@H](O[C@H]2OC(CNC(=S)NCCN(CCNC(=S)NCC3O[C@H](O[C@@H]4C(CO)O[C@H](OC)C(O)[C@H]4O)C(O)[C@@H](O)[C@@H]3C)CCNC(=S)NC(COCCCS[C@@H]3OC(CO)[C@@H](O)[C@H](O)C3O)(COCCCS[C@@H]3OC(CO)[C@@H](O)[C@H](O)C3O)COCCCS[C@@H]3OC(CO)[C@@H](O[C@@H]4OC(CO)[C@H](O)[C@H](O)C4O)[C@H](O)C3O)[C@@H](C)[C@H](O)C2O)[C@H](O)C1O. The van der Waals surface area contributed by atoms with Crippen molar-refractivity contribution in [1.29, 1.82) is 0 Å². The molecule has 16 unspecified atom stereocenters. The van der Waals surface area contributed by atoms with Crippen LogP contribution in [0.25, 0.3) is 0 Å². The number of thiocarbonyl (C=S) groups is 3. The lowest BCUT2D eigenvalue weighted by Crippen LogP contribution is -2.64. The maximum absolute atomic E-state index is 11.4. The summed E-state index contributed by atoms with van der Waals surface area (Å²) in [5, 5.41) is 285. The van der Waals surface area contributed by atoms with Crippen LogP contribution in [-0.4, -0.2) is 547 Å². The molecule has 748 valence electrons. The molecular formula is C74H135N7O41S6. The molecule has 8 heterocycles. The number of nitrogens with zero attached hydrogens (tertiary/aromatic N) is 1. The minimum atomic E-state index is -1.88. The minimum absolute atomic E-state index is 0.0101. The van der Waals surface area contributed by atoms with Crippen LogP contribution in [0.5, 0.6) is 0 Å². The molecular weight excluding hydrogens is 1840 g/mol. The van der Waals surface area contributed by atoms with Gasteiger partial charge in [-0.25, -0.2) is 0 Å². The van der Waals surface area contributed by atoms with Gasteiger partial charge in [0.1, 0.15) is 181 Å². The smallest absolute Gasteiger partial charge is 0.187 e. The molecule has 0 aromatic heterocycles. The van der Waals surface area contributed by atoms with Crippen molar-refractivity contribution in [3.8, 4) is 0 Å². The summed E-state index contributed by atoms with van der Waals surface area (Å²) in [6, 6.07) is 0. The number of rotatable bonds is 49. The molecule has 8 aliphatic rings. The van der Waals surface area contributed by atoms with E-state index in [2.05, 4.69) is 31.9 Å². The van der Waals surface area contributed by atoms with Crippen LogP contribution in [0.3, 0.4) is 0 Å². The van der Waals surface area contributed by atoms with Crippen LogP contribution < -0.4 is 31.9 Å². The van der Waals surface area contributed by atoms with Crippen molar-refractivity contribution >= 4 is 87.3 Å². The molecule has 40 atom stereocenters. The van der Waals surface area contributed by atoms with Gasteiger partial charge in [-0.05, 0) is 73.2 Å². The van der Waals surface area contributed by atoms with Crippen molar-refractivity contribution < 1.29 is 203 Å². The van der Waals surface area contributed by atoms with E-state index >= 15 is 0 Å². The molecule has 0 aliphatic carbocycles. The molecule has 54 heteroatoms. The second-order valence-electron chi connectivity index (χ2n) is 32.4. The average molecular weight is 1970 g/mol. The zero-order chi connectivity index (χ0) is 94.0. The normalized spacial score (nSPS) is 41.2. The van der Waals surface area contributed by atoms with Crippen molar-refractivity contribution in [1.82, 2.24) is 36.8 Å². The fourth-order valence-corrected chi connectivity index (χ4v) is 19.3. The van der Waals surface area contributed by atoms with Gasteiger partial charge in [0.25, 0.3) is 0 Å². The summed E-state index contributed by atoms with van der Waals surface area (Å²) in [6.45, 7) is -0.244. The van der Waals surface area contributed by atoms with Crippen LogP contribution in [0.15, 0.2) is 0 Å². The summed E-state index contributed by atoms with van der Waals surface area (Å²) >= 11 is 20.8. The second kappa shape index (κ2) is 55.3. The van der Waals surface area contributed by atoms with Gasteiger partial charge in [0, 0.05) is 98.2 Å². The Hall–Kier alpha value is -1.56. The van der Waals surface area contributed by atoms with E-state index in [-0.39, 0.29) is 131 Å². The summed E-state index contributed by atoms with van der Waals surface area (Å²) in [4.78, 5) is 1.99. The van der Waals surface area contributed by atoms with Gasteiger partial charge in [0.2, 0.25) is 0 Å². The highest BCUT2D eigenvalue weighted by Crippen LogP contribution is 2.38. The van der Waals surface area contributed by atoms with Crippen LogP contribution in [0.4, 0.5) is 0 Å². The third kappa shape index (κ3) is 30.5. The summed E-state index contributed by atoms with van der Waals surface area (Å²) in [6.07, 6.45) is -51.4. The fourth-order valence-electron chi connectivity index (χ4n) is 15.3. The minimum Gasteiger partial charge on any atom is -0.394 e. The lowest BCUT2D eigenvalue weighted by molar-refractivity contribution is -0.351. The summed E-state index contributed by atoms with van der Waals surface area (Å²) in [5.41, 5.74) is -4.61. The highest BCUT2D eigenvalue weighted by atomic mass is 32.2. The molecule has 128 heavy (non-hydrogen) atoms. The van der Waals surface area contributed by atoms with E-state index in [1.807, 2.05) is 4.90 Å². The zero-order valence-electron chi connectivity index (χ0n) is 71.1. The number of hydrogen-bond acceptors (Lipinski definition) is 48. The van der Waals surface area contributed by atoms with Crippen molar-refractivity contribution in [2.24, 2.45) is 11.8 Å². The Morgan fingerprint density at radius 1 is 0.320 bits per heavy atom. The van der Waals surface area contributed by atoms with E-state index in [1.54, 1.807) is 13.8 Å². The maximum atomic E-state index is 11.4. The number of aliphatic hydroxyl groups excluding tert-OH is 25. The van der Waals surface area contributed by atoms with E-state index in [0.29, 0.717) is 12.8 Å². The lowest BCUT2D eigenvalue weighted by Gasteiger charge is -2.46. The van der Waals surface area contributed by atoms with Gasteiger partial charge in [-0.15, -0.1) is 35.3 Å². The molecule has 0 bridgehead atoms. The Bertz CT molecular complexity index is 3030. The third-order valence-electron chi connectivity index (χ3n) is 23.2. The van der Waals surface area contributed by atoms with Gasteiger partial charge in [-0.2, -0.15) is 0 Å². The first-order chi connectivity index (χ1) is 61.1. The molecule has 0 radical (unpaired) electrons. The molecule has 0 amide bonds. The van der Waals surface area contributed by atoms with Crippen molar-refractivity contribution in [2.75, 3.05) is 163 Å². The first-order valence-corrected chi connectivity index (χ1v) is 46.7. The van der Waals surface area contributed by atoms with Crippen molar-refractivity contribution in [3.63, 3.8) is 0 Å². The number of aliphatic hydroxyl groups is 25. The first kappa shape index (κ1) is 112. The van der Waals surface area contributed by atoms with Crippen LogP contribution in [0.2, 0.25) is 0 Å². The van der Waals surface area contributed by atoms with E-state index in [4.69, 9.17) is 112 Å². The third-order valence-corrected chi connectivity index (χ3v) is 27.8. The summed E-state index contributed by atoms with van der Waals surface area (Å²) in [7, 11) is 2.45. The van der Waals surface area contributed by atoms with E-state index in [0.717, 1.165) is 35.3 Å². The van der Waals surface area contributed by atoms with Crippen LogP contribution in [-0.2, 0) is 75.8 Å². The Labute approximate surface area is 768 Å². The van der Waals surface area contributed by atoms with Crippen LogP contribution in [0, 0.1) is 11.8 Å². The van der Waals surface area contributed by atoms with Gasteiger partial charge >= 0.3 is 0 Å². The molecule has 8 aliphatic heterocycles. The molecule has 0 spiro atoms. The summed E-state index contributed by atoms with van der Waals surface area (Å²) < 4.78 is 93.1. The average Bonchev–Trinajstić information content (AvgIpc) is 0.790. The van der Waals surface area contributed by atoms with Gasteiger partial charge in [-0.1, -0.05) is 13.8 Å². The molecule has 48 nitrogen and oxygen atoms in total. The number of thioether (sulfide) groups is 3. The fraction of sp³-hybridized carbons (Fsp3) is 0.959. The van der Waals surface area contributed by atoms with E-state index < -0.39 is 288 Å². The van der Waals surface area contributed by atoms with Gasteiger partial charge in [0.15, 0.2) is 46.8 Å². The quantitative estimate of drug-likeness (QED) is 0.0199. The number of hydrogen-bond donors (Lipinski definition) is 31. The van der Waals surface area contributed by atoms with E-state index in [9.17, 15) is 128 Å². The molecule has 0 saturated carbocycles. The molecule has 8 fully saturated rings. The topological polar surface area (TPSA) is 729 Å². The largest absolute Gasteiger partial charge is 0.394 e. The molecule has 0 aromatic rings.